The van der Waals surface area contributed by atoms with E-state index >= 15 is 0 Å². The Bertz CT molecular complexity index is 526. The number of hydrogen-bond acceptors (Lipinski definition) is 5. The predicted octanol–water partition coefficient (Wildman–Crippen LogP) is 4.28. The van der Waals surface area contributed by atoms with Gasteiger partial charge in [-0.15, -0.1) is 9.81 Å². The van der Waals surface area contributed by atoms with E-state index in [9.17, 15) is 9.81 Å². The lowest BCUT2D eigenvalue weighted by atomic mass is 10.1. The summed E-state index contributed by atoms with van der Waals surface area (Å²) in [5.41, 5.74) is 3.11. The fourth-order valence-corrected chi connectivity index (χ4v) is 1.93. The van der Waals surface area contributed by atoms with E-state index < -0.39 is 0 Å². The molecule has 2 aromatic carbocycles. The lowest BCUT2D eigenvalue weighted by Crippen LogP contribution is -2.02. The molecule has 0 N–H and O–H groups in total. The van der Waals surface area contributed by atoms with Gasteiger partial charge in [0.25, 0.3) is 0 Å². The molecule has 108 valence electrons. The molecule has 0 spiro atoms. The zero-order valence-electron chi connectivity index (χ0n) is 11.6. The highest BCUT2D eigenvalue weighted by molar-refractivity contribution is 5.39. The Morgan fingerprint density at radius 1 is 0.667 bits per heavy atom. The highest BCUT2D eigenvalue weighted by atomic mass is 16.5. The number of rotatable bonds is 8. The number of nitroso groups, excluding NO2 is 2. The maximum atomic E-state index is 10.3. The Balaban J connectivity index is 1.66. The standard InChI is InChI=1S/C16H16N2O3/c19-17-15-5-1-13(2-6-15)9-11-21-12-10-14-3-7-16(18-20)8-4-14/h1-8H,9-12H2. The largest absolute Gasteiger partial charge is 0.381 e. The van der Waals surface area contributed by atoms with Crippen molar-refractivity contribution in [2.45, 2.75) is 12.8 Å². The summed E-state index contributed by atoms with van der Waals surface area (Å²) in [6.07, 6.45) is 1.60. The smallest absolute Gasteiger partial charge is 0.108 e. The van der Waals surface area contributed by atoms with Gasteiger partial charge in [-0.1, -0.05) is 24.3 Å². The van der Waals surface area contributed by atoms with Crippen LogP contribution in [0.15, 0.2) is 58.9 Å². The molecule has 0 radical (unpaired) electrons. The zero-order valence-corrected chi connectivity index (χ0v) is 11.6. The Morgan fingerprint density at radius 2 is 1.05 bits per heavy atom. The van der Waals surface area contributed by atoms with Crippen LogP contribution in [0.1, 0.15) is 11.1 Å². The molecule has 0 aliphatic carbocycles. The average Bonchev–Trinajstić information content (AvgIpc) is 2.55. The molecule has 2 aromatic rings. The maximum absolute atomic E-state index is 10.3. The van der Waals surface area contributed by atoms with Gasteiger partial charge in [-0.25, -0.2) is 0 Å². The number of benzene rings is 2. The predicted molar refractivity (Wildman–Crippen MR) is 82.0 cm³/mol. The minimum absolute atomic E-state index is 0.438. The molecule has 21 heavy (non-hydrogen) atoms. The first-order valence-corrected chi connectivity index (χ1v) is 6.74. The van der Waals surface area contributed by atoms with E-state index in [4.69, 9.17) is 4.74 Å². The molecule has 5 heteroatoms. The van der Waals surface area contributed by atoms with Crippen LogP contribution in [0.4, 0.5) is 11.4 Å². The number of hydrogen-bond donors (Lipinski definition) is 0. The van der Waals surface area contributed by atoms with Crippen molar-refractivity contribution in [1.29, 1.82) is 0 Å². The first kappa shape index (κ1) is 15.0. The first-order valence-electron chi connectivity index (χ1n) is 6.74. The van der Waals surface area contributed by atoms with E-state index in [0.29, 0.717) is 24.6 Å². The van der Waals surface area contributed by atoms with Crippen molar-refractivity contribution in [3.8, 4) is 0 Å². The van der Waals surface area contributed by atoms with Gasteiger partial charge in [-0.2, -0.15) is 0 Å². The second-order valence-corrected chi connectivity index (χ2v) is 4.63. The van der Waals surface area contributed by atoms with Gasteiger partial charge in [-0.3, -0.25) is 0 Å². The van der Waals surface area contributed by atoms with Crippen LogP contribution >= 0.6 is 0 Å². The van der Waals surface area contributed by atoms with E-state index in [1.165, 1.54) is 0 Å². The van der Waals surface area contributed by atoms with E-state index in [-0.39, 0.29) is 0 Å². The van der Waals surface area contributed by atoms with Gasteiger partial charge in [0.15, 0.2) is 0 Å². The SMILES string of the molecule is O=Nc1ccc(CCOCCc2ccc(N=O)cc2)cc1. The third kappa shape index (κ3) is 4.89. The highest BCUT2D eigenvalue weighted by Crippen LogP contribution is 2.13. The van der Waals surface area contributed by atoms with Crippen LogP contribution in [0.3, 0.4) is 0 Å². The van der Waals surface area contributed by atoms with E-state index in [2.05, 4.69) is 10.4 Å². The summed E-state index contributed by atoms with van der Waals surface area (Å²) in [6.45, 7) is 1.25. The van der Waals surface area contributed by atoms with Crippen molar-refractivity contribution in [2.75, 3.05) is 13.2 Å². The number of nitrogens with zero attached hydrogens (tertiary/aromatic N) is 2. The summed E-state index contributed by atoms with van der Waals surface area (Å²) >= 11 is 0. The fraction of sp³-hybridized carbons (Fsp3) is 0.250. The second kappa shape index (κ2) is 8.01. The molecule has 2 rings (SSSR count). The molecule has 0 saturated carbocycles. The Morgan fingerprint density at radius 3 is 1.38 bits per heavy atom. The lowest BCUT2D eigenvalue weighted by Gasteiger charge is -2.05. The molecule has 0 atom stereocenters. The van der Waals surface area contributed by atoms with E-state index in [1.807, 2.05) is 24.3 Å². The summed E-state index contributed by atoms with van der Waals surface area (Å²) in [6, 6.07) is 14.3. The van der Waals surface area contributed by atoms with Crippen molar-refractivity contribution in [1.82, 2.24) is 0 Å². The molecule has 5 nitrogen and oxygen atoms in total. The van der Waals surface area contributed by atoms with Crippen molar-refractivity contribution < 1.29 is 4.74 Å². The number of ether oxygens (including phenoxy) is 1. The summed E-state index contributed by atoms with van der Waals surface area (Å²) in [5.74, 6) is 0. The minimum Gasteiger partial charge on any atom is -0.381 e. The van der Waals surface area contributed by atoms with Gasteiger partial charge in [0, 0.05) is 0 Å². The lowest BCUT2D eigenvalue weighted by molar-refractivity contribution is 0.140. The average molecular weight is 284 g/mol. The first-order chi connectivity index (χ1) is 10.3. The van der Waals surface area contributed by atoms with Crippen molar-refractivity contribution in [3.05, 3.63) is 69.5 Å². The van der Waals surface area contributed by atoms with Crippen molar-refractivity contribution in [2.24, 2.45) is 10.4 Å². The topological polar surface area (TPSA) is 68.1 Å². The maximum Gasteiger partial charge on any atom is 0.108 e. The molecule has 0 aromatic heterocycles. The molecule has 0 heterocycles. The van der Waals surface area contributed by atoms with Gasteiger partial charge in [0.2, 0.25) is 0 Å². The third-order valence-electron chi connectivity index (χ3n) is 3.15. The quantitative estimate of drug-likeness (QED) is 0.536. The summed E-state index contributed by atoms with van der Waals surface area (Å²) in [5, 5.41) is 5.72. The summed E-state index contributed by atoms with van der Waals surface area (Å²) < 4.78 is 5.58. The van der Waals surface area contributed by atoms with Gasteiger partial charge < -0.3 is 4.74 Å². The molecule has 0 fully saturated rings. The van der Waals surface area contributed by atoms with Crippen LogP contribution in [0, 0.1) is 9.81 Å². The fourth-order valence-electron chi connectivity index (χ4n) is 1.93. The summed E-state index contributed by atoms with van der Waals surface area (Å²) in [7, 11) is 0. The van der Waals surface area contributed by atoms with Crippen molar-refractivity contribution >= 4 is 11.4 Å². The minimum atomic E-state index is 0.438. The Kier molecular flexibility index (Phi) is 5.72. The zero-order chi connectivity index (χ0) is 14.9. The van der Waals surface area contributed by atoms with Crippen LogP contribution < -0.4 is 0 Å². The van der Waals surface area contributed by atoms with E-state index in [1.54, 1.807) is 24.3 Å². The van der Waals surface area contributed by atoms with Crippen LogP contribution in [-0.4, -0.2) is 13.2 Å². The van der Waals surface area contributed by atoms with Crippen LogP contribution in [0.5, 0.6) is 0 Å². The highest BCUT2D eigenvalue weighted by Gasteiger charge is 1.97. The van der Waals surface area contributed by atoms with Gasteiger partial charge in [-0.05, 0) is 58.6 Å². The van der Waals surface area contributed by atoms with Crippen LogP contribution in [0.25, 0.3) is 0 Å². The Hall–Kier alpha value is -2.40. The van der Waals surface area contributed by atoms with Crippen molar-refractivity contribution in [3.63, 3.8) is 0 Å². The third-order valence-corrected chi connectivity index (χ3v) is 3.15. The molecule has 0 saturated heterocycles. The Labute approximate surface area is 122 Å². The molecule has 0 amide bonds. The van der Waals surface area contributed by atoms with Crippen LogP contribution in [-0.2, 0) is 17.6 Å². The molecular formula is C16H16N2O3. The van der Waals surface area contributed by atoms with Gasteiger partial charge in [0.1, 0.15) is 11.4 Å². The van der Waals surface area contributed by atoms with E-state index in [0.717, 1.165) is 24.0 Å². The monoisotopic (exact) mass is 284 g/mol. The molecule has 0 aliphatic heterocycles. The molecular weight excluding hydrogens is 268 g/mol. The van der Waals surface area contributed by atoms with Gasteiger partial charge >= 0.3 is 0 Å². The van der Waals surface area contributed by atoms with Crippen LogP contribution in [0.2, 0.25) is 0 Å². The molecule has 0 aliphatic rings. The normalized spacial score (nSPS) is 10.3. The molecule has 0 bridgehead atoms. The van der Waals surface area contributed by atoms with Gasteiger partial charge in [0.05, 0.1) is 13.2 Å². The second-order valence-electron chi connectivity index (χ2n) is 4.63. The summed E-state index contributed by atoms with van der Waals surface area (Å²) in [4.78, 5) is 20.6. The molecule has 0 unspecified atom stereocenters.